The zero-order chi connectivity index (χ0) is 15.1. The molecule has 0 fully saturated rings. The van der Waals surface area contributed by atoms with E-state index in [1.807, 2.05) is 24.3 Å². The second kappa shape index (κ2) is 7.69. The SMILES string of the molecule is CC(C)C(NC(=O)N/C=C/c1ccc(Br)cc1)C(=O)O. The molecule has 0 radical (unpaired) electrons. The van der Waals surface area contributed by atoms with E-state index in [-0.39, 0.29) is 5.92 Å². The van der Waals surface area contributed by atoms with E-state index in [1.165, 1.54) is 6.20 Å². The Kier molecular flexibility index (Phi) is 6.24. The number of urea groups is 1. The van der Waals surface area contributed by atoms with Gasteiger partial charge in [-0.3, -0.25) is 0 Å². The van der Waals surface area contributed by atoms with Crippen molar-refractivity contribution in [2.75, 3.05) is 0 Å². The number of nitrogens with one attached hydrogen (secondary N) is 2. The van der Waals surface area contributed by atoms with E-state index in [4.69, 9.17) is 5.11 Å². The summed E-state index contributed by atoms with van der Waals surface area (Å²) < 4.78 is 0.974. The smallest absolute Gasteiger partial charge is 0.326 e. The summed E-state index contributed by atoms with van der Waals surface area (Å²) in [4.78, 5) is 22.5. The van der Waals surface area contributed by atoms with Crippen molar-refractivity contribution in [2.24, 2.45) is 5.92 Å². The quantitative estimate of drug-likeness (QED) is 0.771. The Bertz CT molecular complexity index is 498. The van der Waals surface area contributed by atoms with E-state index in [0.717, 1.165) is 10.0 Å². The second-order valence-corrected chi connectivity index (χ2v) is 5.48. The van der Waals surface area contributed by atoms with Crippen LogP contribution in [-0.2, 0) is 4.79 Å². The third kappa shape index (κ3) is 5.44. The lowest BCUT2D eigenvalue weighted by molar-refractivity contribution is -0.140. The van der Waals surface area contributed by atoms with Crippen LogP contribution < -0.4 is 10.6 Å². The summed E-state index contributed by atoms with van der Waals surface area (Å²) in [5.74, 6) is -1.24. The summed E-state index contributed by atoms with van der Waals surface area (Å²) in [6, 6.07) is 6.09. The molecule has 0 aromatic heterocycles. The molecule has 0 spiro atoms. The lowest BCUT2D eigenvalue weighted by atomic mass is 10.1. The first-order valence-electron chi connectivity index (χ1n) is 6.12. The monoisotopic (exact) mass is 340 g/mol. The first-order chi connectivity index (χ1) is 9.40. The molecule has 3 N–H and O–H groups in total. The van der Waals surface area contributed by atoms with Crippen molar-refractivity contribution in [1.29, 1.82) is 0 Å². The summed E-state index contributed by atoms with van der Waals surface area (Å²) in [5.41, 5.74) is 0.923. The maximum Gasteiger partial charge on any atom is 0.326 e. The molecule has 1 atom stereocenters. The summed E-state index contributed by atoms with van der Waals surface area (Å²) in [5, 5.41) is 13.8. The predicted molar refractivity (Wildman–Crippen MR) is 81.1 cm³/mol. The van der Waals surface area contributed by atoms with Gasteiger partial charge in [-0.15, -0.1) is 0 Å². The molecule has 0 bridgehead atoms. The zero-order valence-electron chi connectivity index (χ0n) is 11.3. The van der Waals surface area contributed by atoms with Crippen molar-refractivity contribution in [1.82, 2.24) is 10.6 Å². The Balaban J connectivity index is 2.50. The van der Waals surface area contributed by atoms with Crippen LogP contribution in [0.3, 0.4) is 0 Å². The average molecular weight is 341 g/mol. The molecular formula is C14H17BrN2O3. The van der Waals surface area contributed by atoms with Crippen LogP contribution in [-0.4, -0.2) is 23.1 Å². The minimum atomic E-state index is -1.05. The van der Waals surface area contributed by atoms with E-state index in [0.29, 0.717) is 0 Å². The Morgan fingerprint density at radius 2 is 1.85 bits per heavy atom. The molecule has 0 heterocycles. The molecule has 0 aliphatic rings. The number of carbonyl (C=O) groups is 2. The lowest BCUT2D eigenvalue weighted by Gasteiger charge is -2.17. The van der Waals surface area contributed by atoms with Gasteiger partial charge in [0, 0.05) is 10.7 Å². The summed E-state index contributed by atoms with van der Waals surface area (Å²) in [6.45, 7) is 3.47. The molecule has 1 unspecified atom stereocenters. The molecule has 1 aromatic carbocycles. The fraction of sp³-hybridized carbons (Fsp3) is 0.286. The number of carboxylic acids is 1. The van der Waals surface area contributed by atoms with Gasteiger partial charge >= 0.3 is 12.0 Å². The minimum absolute atomic E-state index is 0.186. The Labute approximate surface area is 126 Å². The van der Waals surface area contributed by atoms with Crippen LogP contribution in [0.4, 0.5) is 4.79 Å². The van der Waals surface area contributed by atoms with Crippen LogP contribution in [0.15, 0.2) is 34.9 Å². The zero-order valence-corrected chi connectivity index (χ0v) is 12.8. The molecule has 20 heavy (non-hydrogen) atoms. The fourth-order valence-electron chi connectivity index (χ4n) is 1.48. The number of rotatable bonds is 5. The highest BCUT2D eigenvalue weighted by molar-refractivity contribution is 9.10. The van der Waals surface area contributed by atoms with Crippen LogP contribution in [0, 0.1) is 5.92 Å². The molecular weight excluding hydrogens is 324 g/mol. The van der Waals surface area contributed by atoms with E-state index < -0.39 is 18.0 Å². The second-order valence-electron chi connectivity index (χ2n) is 4.56. The number of aliphatic carboxylic acids is 1. The lowest BCUT2D eigenvalue weighted by Crippen LogP contribution is -2.47. The molecule has 108 valence electrons. The number of benzene rings is 1. The van der Waals surface area contributed by atoms with Crippen LogP contribution in [0.2, 0.25) is 0 Å². The van der Waals surface area contributed by atoms with Gasteiger partial charge in [-0.2, -0.15) is 0 Å². The Hall–Kier alpha value is -1.82. The molecule has 0 aliphatic heterocycles. The van der Waals surface area contributed by atoms with Gasteiger partial charge in [-0.05, 0) is 29.7 Å². The van der Waals surface area contributed by atoms with Crippen molar-refractivity contribution in [3.8, 4) is 0 Å². The van der Waals surface area contributed by atoms with Gasteiger partial charge in [0.1, 0.15) is 6.04 Å². The molecule has 1 rings (SSSR count). The van der Waals surface area contributed by atoms with Crippen LogP contribution in [0.1, 0.15) is 19.4 Å². The third-order valence-electron chi connectivity index (χ3n) is 2.58. The number of carboxylic acid groups (broad SMARTS) is 1. The number of hydrogen-bond donors (Lipinski definition) is 3. The fourth-order valence-corrected chi connectivity index (χ4v) is 1.75. The number of hydrogen-bond acceptors (Lipinski definition) is 2. The third-order valence-corrected chi connectivity index (χ3v) is 3.11. The van der Waals surface area contributed by atoms with E-state index in [2.05, 4.69) is 26.6 Å². The maximum atomic E-state index is 11.6. The molecule has 6 heteroatoms. The van der Waals surface area contributed by atoms with E-state index in [9.17, 15) is 9.59 Å². The molecule has 1 aromatic rings. The van der Waals surface area contributed by atoms with Gasteiger partial charge in [0.25, 0.3) is 0 Å². The largest absolute Gasteiger partial charge is 0.480 e. The van der Waals surface area contributed by atoms with Gasteiger partial charge in [0.2, 0.25) is 0 Å². The van der Waals surface area contributed by atoms with E-state index in [1.54, 1.807) is 19.9 Å². The van der Waals surface area contributed by atoms with Crippen LogP contribution >= 0.6 is 15.9 Å². The van der Waals surface area contributed by atoms with E-state index >= 15 is 0 Å². The average Bonchev–Trinajstić information content (AvgIpc) is 2.37. The molecule has 5 nitrogen and oxygen atoms in total. The van der Waals surface area contributed by atoms with Gasteiger partial charge in [-0.1, -0.05) is 41.9 Å². The van der Waals surface area contributed by atoms with Crippen LogP contribution in [0.5, 0.6) is 0 Å². The van der Waals surface area contributed by atoms with Gasteiger partial charge < -0.3 is 15.7 Å². The number of amides is 2. The summed E-state index contributed by atoms with van der Waals surface area (Å²) in [6.07, 6.45) is 3.19. The summed E-state index contributed by atoms with van der Waals surface area (Å²) >= 11 is 3.33. The normalized spacial score (nSPS) is 12.4. The maximum absolute atomic E-state index is 11.6. The minimum Gasteiger partial charge on any atom is -0.480 e. The predicted octanol–water partition coefficient (Wildman–Crippen LogP) is 2.83. The topological polar surface area (TPSA) is 78.4 Å². The molecule has 0 saturated heterocycles. The first-order valence-corrected chi connectivity index (χ1v) is 6.91. The molecule has 2 amide bonds. The van der Waals surface area contributed by atoms with Gasteiger partial charge in [0.15, 0.2) is 0 Å². The highest BCUT2D eigenvalue weighted by Gasteiger charge is 2.22. The molecule has 0 aliphatic carbocycles. The Morgan fingerprint density at radius 3 is 2.35 bits per heavy atom. The molecule has 0 saturated carbocycles. The first kappa shape index (κ1) is 16.2. The highest BCUT2D eigenvalue weighted by Crippen LogP contribution is 2.11. The van der Waals surface area contributed by atoms with Crippen molar-refractivity contribution in [3.63, 3.8) is 0 Å². The van der Waals surface area contributed by atoms with Crippen molar-refractivity contribution >= 4 is 34.0 Å². The highest BCUT2D eigenvalue weighted by atomic mass is 79.9. The van der Waals surface area contributed by atoms with Crippen LogP contribution in [0.25, 0.3) is 6.08 Å². The standard InChI is InChI=1S/C14H17BrN2O3/c1-9(2)12(13(18)19)17-14(20)16-8-7-10-3-5-11(15)6-4-10/h3-9,12H,1-2H3,(H,18,19)(H2,16,17,20)/b8-7+. The van der Waals surface area contributed by atoms with Crippen molar-refractivity contribution in [3.05, 3.63) is 40.5 Å². The number of halogens is 1. The Morgan fingerprint density at radius 1 is 1.25 bits per heavy atom. The van der Waals surface area contributed by atoms with Gasteiger partial charge in [-0.25, -0.2) is 9.59 Å². The summed E-state index contributed by atoms with van der Waals surface area (Å²) in [7, 11) is 0. The van der Waals surface area contributed by atoms with Crippen molar-refractivity contribution < 1.29 is 14.7 Å². The van der Waals surface area contributed by atoms with Crippen molar-refractivity contribution in [2.45, 2.75) is 19.9 Å². The van der Waals surface area contributed by atoms with Gasteiger partial charge in [0.05, 0.1) is 0 Å². The number of carbonyl (C=O) groups excluding carboxylic acids is 1.